The summed E-state index contributed by atoms with van der Waals surface area (Å²) in [6.45, 7) is 13.2. The second kappa shape index (κ2) is 4.10. The molecule has 0 spiro atoms. The van der Waals surface area contributed by atoms with E-state index in [9.17, 15) is 0 Å². The summed E-state index contributed by atoms with van der Waals surface area (Å²) in [5, 5.41) is 0. The van der Waals surface area contributed by atoms with Crippen LogP contribution in [-0.4, -0.2) is 8.94 Å². The minimum absolute atomic E-state index is 0.202. The molecule has 0 aromatic rings. The van der Waals surface area contributed by atoms with Crippen LogP contribution in [0.1, 0.15) is 48.0 Å². The molecule has 0 nitrogen and oxygen atoms in total. The first-order valence-electron chi connectivity index (χ1n) is 4.42. The SMILES string of the molecule is CCC(C)(C)C(=S)SC(C)(C)C. The van der Waals surface area contributed by atoms with Crippen LogP contribution in [-0.2, 0) is 0 Å². The van der Waals surface area contributed by atoms with Crippen molar-refractivity contribution in [3.8, 4) is 0 Å². The first-order valence-corrected chi connectivity index (χ1v) is 5.65. The Morgan fingerprint density at radius 1 is 1.17 bits per heavy atom. The van der Waals surface area contributed by atoms with E-state index in [-0.39, 0.29) is 10.2 Å². The van der Waals surface area contributed by atoms with Gasteiger partial charge in [-0.05, 0) is 6.42 Å². The van der Waals surface area contributed by atoms with Crippen molar-refractivity contribution in [1.29, 1.82) is 0 Å². The molecular formula is C10H20S2. The molecule has 0 fully saturated rings. The van der Waals surface area contributed by atoms with Crippen molar-refractivity contribution in [2.45, 2.75) is 52.7 Å². The van der Waals surface area contributed by atoms with Gasteiger partial charge in [-0.2, -0.15) is 0 Å². The average molecular weight is 204 g/mol. The van der Waals surface area contributed by atoms with Crippen LogP contribution < -0.4 is 0 Å². The van der Waals surface area contributed by atoms with E-state index in [2.05, 4.69) is 41.5 Å². The van der Waals surface area contributed by atoms with E-state index in [0.717, 1.165) is 10.6 Å². The Kier molecular flexibility index (Phi) is 4.25. The fraction of sp³-hybridized carbons (Fsp3) is 0.900. The number of rotatable bonds is 2. The van der Waals surface area contributed by atoms with Gasteiger partial charge in [0.25, 0.3) is 0 Å². The highest BCUT2D eigenvalue weighted by Gasteiger charge is 2.25. The summed E-state index contributed by atoms with van der Waals surface area (Å²) in [7, 11) is 0. The van der Waals surface area contributed by atoms with Gasteiger partial charge in [-0.25, -0.2) is 0 Å². The zero-order valence-electron chi connectivity index (χ0n) is 9.02. The van der Waals surface area contributed by atoms with Crippen molar-refractivity contribution < 1.29 is 0 Å². The van der Waals surface area contributed by atoms with Gasteiger partial charge in [0.1, 0.15) is 0 Å². The molecule has 0 aliphatic carbocycles. The summed E-state index contributed by atoms with van der Waals surface area (Å²) in [5.41, 5.74) is 0.202. The van der Waals surface area contributed by atoms with Crippen LogP contribution in [0, 0.1) is 5.41 Å². The third-order valence-corrected chi connectivity index (χ3v) is 3.99. The van der Waals surface area contributed by atoms with Gasteiger partial charge in [0.2, 0.25) is 0 Å². The Hall–Kier alpha value is 0.440. The highest BCUT2D eigenvalue weighted by Crippen LogP contribution is 2.35. The van der Waals surface area contributed by atoms with Crippen molar-refractivity contribution in [3.63, 3.8) is 0 Å². The predicted octanol–water partition coefficient (Wildman–Crippen LogP) is 4.28. The van der Waals surface area contributed by atoms with Crippen molar-refractivity contribution in [2.75, 3.05) is 0 Å². The van der Waals surface area contributed by atoms with Crippen LogP contribution in [0.3, 0.4) is 0 Å². The van der Waals surface area contributed by atoms with Gasteiger partial charge in [-0.3, -0.25) is 0 Å². The second-order valence-electron chi connectivity index (χ2n) is 4.74. The minimum Gasteiger partial charge on any atom is -0.112 e. The molecule has 0 bridgehead atoms. The zero-order chi connectivity index (χ0) is 9.99. The lowest BCUT2D eigenvalue weighted by Gasteiger charge is -2.28. The highest BCUT2D eigenvalue weighted by atomic mass is 32.2. The molecule has 0 atom stereocenters. The summed E-state index contributed by atoms with van der Waals surface area (Å²) in [6, 6.07) is 0. The number of thiocarbonyl (C=S) groups is 1. The first kappa shape index (κ1) is 12.4. The van der Waals surface area contributed by atoms with Crippen molar-refractivity contribution in [1.82, 2.24) is 0 Å². The molecule has 0 radical (unpaired) electrons. The van der Waals surface area contributed by atoms with E-state index >= 15 is 0 Å². The maximum atomic E-state index is 5.40. The van der Waals surface area contributed by atoms with Crippen LogP contribution in [0.15, 0.2) is 0 Å². The standard InChI is InChI=1S/C10H20S2/c1-7-10(5,6)8(11)12-9(2,3)4/h7H2,1-6H3. The van der Waals surface area contributed by atoms with Crippen LogP contribution in [0.2, 0.25) is 0 Å². The number of hydrogen-bond donors (Lipinski definition) is 0. The van der Waals surface area contributed by atoms with E-state index in [4.69, 9.17) is 12.2 Å². The van der Waals surface area contributed by atoms with Gasteiger partial charge in [-0.15, -0.1) is 11.8 Å². The Labute approximate surface area is 86.5 Å². The third-order valence-electron chi connectivity index (χ3n) is 1.84. The van der Waals surface area contributed by atoms with E-state index in [1.807, 2.05) is 11.8 Å². The lowest BCUT2D eigenvalue weighted by molar-refractivity contribution is 0.518. The lowest BCUT2D eigenvalue weighted by atomic mass is 9.93. The Morgan fingerprint density at radius 3 is 1.83 bits per heavy atom. The van der Waals surface area contributed by atoms with Gasteiger partial charge in [0.15, 0.2) is 0 Å². The summed E-state index contributed by atoms with van der Waals surface area (Å²) >= 11 is 7.22. The minimum atomic E-state index is 0.202. The van der Waals surface area contributed by atoms with Gasteiger partial charge < -0.3 is 0 Å². The molecule has 12 heavy (non-hydrogen) atoms. The van der Waals surface area contributed by atoms with Gasteiger partial charge in [-0.1, -0.05) is 53.8 Å². The Bertz CT molecular complexity index is 163. The van der Waals surface area contributed by atoms with E-state index in [0.29, 0.717) is 0 Å². The van der Waals surface area contributed by atoms with Gasteiger partial charge in [0, 0.05) is 10.2 Å². The van der Waals surface area contributed by atoms with Gasteiger partial charge in [0.05, 0.1) is 4.20 Å². The normalized spacial score (nSPS) is 13.2. The maximum Gasteiger partial charge on any atom is 0.0539 e. The molecule has 72 valence electrons. The third kappa shape index (κ3) is 4.46. The summed E-state index contributed by atoms with van der Waals surface area (Å²) in [6.07, 6.45) is 1.12. The van der Waals surface area contributed by atoms with E-state index in [1.54, 1.807) is 0 Å². The van der Waals surface area contributed by atoms with Crippen LogP contribution in [0.25, 0.3) is 0 Å². The van der Waals surface area contributed by atoms with E-state index in [1.165, 1.54) is 0 Å². The molecule has 0 rings (SSSR count). The molecule has 0 heterocycles. The molecule has 0 saturated heterocycles. The Balaban J connectivity index is 4.23. The maximum absolute atomic E-state index is 5.40. The number of hydrogen-bond acceptors (Lipinski definition) is 2. The van der Waals surface area contributed by atoms with Crippen molar-refractivity contribution in [2.24, 2.45) is 5.41 Å². The molecule has 2 heteroatoms. The summed E-state index contributed by atoms with van der Waals surface area (Å²) in [4.78, 5) is 0. The molecule has 0 unspecified atom stereocenters. The monoisotopic (exact) mass is 204 g/mol. The summed E-state index contributed by atoms with van der Waals surface area (Å²) in [5.74, 6) is 0. The Morgan fingerprint density at radius 2 is 1.58 bits per heavy atom. The molecule has 0 aromatic carbocycles. The smallest absolute Gasteiger partial charge is 0.0539 e. The van der Waals surface area contributed by atoms with E-state index < -0.39 is 0 Å². The fourth-order valence-electron chi connectivity index (χ4n) is 0.561. The predicted molar refractivity (Wildman–Crippen MR) is 64.0 cm³/mol. The fourth-order valence-corrected chi connectivity index (χ4v) is 2.43. The molecule has 0 aromatic heterocycles. The van der Waals surface area contributed by atoms with Crippen LogP contribution in [0.5, 0.6) is 0 Å². The van der Waals surface area contributed by atoms with Gasteiger partial charge >= 0.3 is 0 Å². The first-order chi connectivity index (χ1) is 5.19. The second-order valence-corrected chi connectivity index (χ2v) is 7.24. The molecule has 0 aliphatic heterocycles. The van der Waals surface area contributed by atoms with Crippen molar-refractivity contribution in [3.05, 3.63) is 0 Å². The zero-order valence-corrected chi connectivity index (χ0v) is 10.7. The van der Waals surface area contributed by atoms with Crippen LogP contribution in [0.4, 0.5) is 0 Å². The quantitative estimate of drug-likeness (QED) is 0.616. The molecule has 0 amide bonds. The number of thioether (sulfide) groups is 1. The topological polar surface area (TPSA) is 0 Å². The molecule has 0 N–H and O–H groups in total. The summed E-state index contributed by atoms with van der Waals surface area (Å²) < 4.78 is 1.39. The molecule has 0 aliphatic rings. The van der Waals surface area contributed by atoms with Crippen LogP contribution >= 0.6 is 24.0 Å². The lowest BCUT2D eigenvalue weighted by Crippen LogP contribution is -2.23. The average Bonchev–Trinajstić information content (AvgIpc) is 1.84. The molecule has 0 saturated carbocycles. The highest BCUT2D eigenvalue weighted by molar-refractivity contribution is 8.24. The van der Waals surface area contributed by atoms with Crippen molar-refractivity contribution >= 4 is 28.2 Å². The largest absolute Gasteiger partial charge is 0.112 e. The molecular weight excluding hydrogens is 184 g/mol.